The number of aliphatic carboxylic acids is 1. The molecular formula is C11H12BrNO5. The first-order valence-electron chi connectivity index (χ1n) is 5.06. The molecule has 0 saturated heterocycles. The van der Waals surface area contributed by atoms with Crippen molar-refractivity contribution in [2.45, 2.75) is 6.92 Å². The second-order valence-electron chi connectivity index (χ2n) is 3.19. The predicted octanol–water partition coefficient (Wildman–Crippen LogP) is 2.12. The van der Waals surface area contributed by atoms with Crippen LogP contribution in [0.5, 0.6) is 11.5 Å². The fraction of sp³-hybridized carbons (Fsp3) is 0.273. The number of carboxylic acids is 1. The number of hydrogen-bond acceptors (Lipinski definition) is 5. The highest BCUT2D eigenvalue weighted by Crippen LogP contribution is 2.36. The largest absolute Gasteiger partial charge is 0.490 e. The van der Waals surface area contributed by atoms with Crippen molar-refractivity contribution in [3.8, 4) is 11.5 Å². The van der Waals surface area contributed by atoms with Crippen molar-refractivity contribution < 1.29 is 24.6 Å². The van der Waals surface area contributed by atoms with E-state index >= 15 is 0 Å². The summed E-state index contributed by atoms with van der Waals surface area (Å²) in [6, 6.07) is 3.21. The summed E-state index contributed by atoms with van der Waals surface area (Å²) in [6.07, 6.45) is 1.23. The van der Waals surface area contributed by atoms with E-state index in [0.717, 1.165) is 0 Å². The molecule has 1 rings (SSSR count). The molecule has 0 aliphatic heterocycles. The Kier molecular flexibility index (Phi) is 5.44. The zero-order valence-corrected chi connectivity index (χ0v) is 11.2. The minimum absolute atomic E-state index is 0.300. The van der Waals surface area contributed by atoms with Crippen LogP contribution in [0.4, 0.5) is 0 Å². The van der Waals surface area contributed by atoms with Crippen LogP contribution < -0.4 is 9.47 Å². The molecule has 98 valence electrons. The van der Waals surface area contributed by atoms with Gasteiger partial charge in [0.15, 0.2) is 18.1 Å². The van der Waals surface area contributed by atoms with Crippen LogP contribution in [0.1, 0.15) is 12.5 Å². The maximum absolute atomic E-state index is 10.5. The van der Waals surface area contributed by atoms with Gasteiger partial charge in [0, 0.05) is 5.56 Å². The third-order valence-corrected chi connectivity index (χ3v) is 2.47. The molecule has 0 aromatic heterocycles. The molecule has 0 fully saturated rings. The van der Waals surface area contributed by atoms with E-state index in [1.165, 1.54) is 6.21 Å². The number of carboxylic acid groups (broad SMARTS) is 1. The Morgan fingerprint density at radius 3 is 2.78 bits per heavy atom. The summed E-state index contributed by atoms with van der Waals surface area (Å²) in [6.45, 7) is 1.73. The second-order valence-corrected chi connectivity index (χ2v) is 4.04. The number of carbonyl (C=O) groups is 1. The number of nitrogens with zero attached hydrogens (tertiary/aromatic N) is 1. The SMILES string of the molecule is CCOc1cc(C=NO)cc(Br)c1OCC(=O)O. The molecule has 1 aromatic carbocycles. The smallest absolute Gasteiger partial charge is 0.341 e. The van der Waals surface area contributed by atoms with E-state index in [-0.39, 0.29) is 0 Å². The Balaban J connectivity index is 3.09. The minimum atomic E-state index is -1.08. The van der Waals surface area contributed by atoms with Gasteiger partial charge in [-0.05, 0) is 35.0 Å². The molecule has 18 heavy (non-hydrogen) atoms. The van der Waals surface area contributed by atoms with Crippen LogP contribution in [0, 0.1) is 0 Å². The van der Waals surface area contributed by atoms with Crippen molar-refractivity contribution in [1.82, 2.24) is 0 Å². The zero-order valence-electron chi connectivity index (χ0n) is 9.59. The summed E-state index contributed by atoms with van der Waals surface area (Å²) in [7, 11) is 0. The fourth-order valence-corrected chi connectivity index (χ4v) is 1.84. The van der Waals surface area contributed by atoms with Crippen LogP contribution in [-0.4, -0.2) is 35.7 Å². The quantitative estimate of drug-likeness (QED) is 0.476. The van der Waals surface area contributed by atoms with Crippen LogP contribution in [0.2, 0.25) is 0 Å². The fourth-order valence-electron chi connectivity index (χ4n) is 1.27. The maximum atomic E-state index is 10.5. The van der Waals surface area contributed by atoms with Gasteiger partial charge in [0.1, 0.15) is 0 Å². The number of oxime groups is 1. The summed E-state index contributed by atoms with van der Waals surface area (Å²) in [5.41, 5.74) is 0.593. The first kappa shape index (κ1) is 14.3. The minimum Gasteiger partial charge on any atom is -0.490 e. The lowest BCUT2D eigenvalue weighted by Gasteiger charge is -2.13. The average Bonchev–Trinajstić information content (AvgIpc) is 2.28. The zero-order chi connectivity index (χ0) is 13.5. The molecular weight excluding hydrogens is 306 g/mol. The molecule has 0 aliphatic carbocycles. The summed E-state index contributed by atoms with van der Waals surface area (Å²) in [5.74, 6) is -0.400. The first-order valence-corrected chi connectivity index (χ1v) is 5.86. The van der Waals surface area contributed by atoms with Crippen LogP contribution >= 0.6 is 15.9 Å². The van der Waals surface area contributed by atoms with Crippen molar-refractivity contribution >= 4 is 28.1 Å². The van der Waals surface area contributed by atoms with Crippen molar-refractivity contribution in [2.75, 3.05) is 13.2 Å². The molecule has 0 aliphatic rings. The first-order chi connectivity index (χ1) is 8.58. The van der Waals surface area contributed by atoms with Gasteiger partial charge in [-0.25, -0.2) is 4.79 Å². The molecule has 7 heteroatoms. The van der Waals surface area contributed by atoms with Crippen LogP contribution in [0.25, 0.3) is 0 Å². The number of rotatable bonds is 6. The molecule has 6 nitrogen and oxygen atoms in total. The van der Waals surface area contributed by atoms with E-state index in [9.17, 15) is 4.79 Å². The summed E-state index contributed by atoms with van der Waals surface area (Å²) >= 11 is 3.25. The third kappa shape index (κ3) is 3.92. The van der Waals surface area contributed by atoms with E-state index in [1.807, 2.05) is 0 Å². The highest BCUT2D eigenvalue weighted by atomic mass is 79.9. The molecule has 0 amide bonds. The van der Waals surface area contributed by atoms with Gasteiger partial charge in [-0.1, -0.05) is 5.16 Å². The maximum Gasteiger partial charge on any atom is 0.341 e. The third-order valence-electron chi connectivity index (χ3n) is 1.88. The number of halogens is 1. The van der Waals surface area contributed by atoms with Crippen molar-refractivity contribution in [3.63, 3.8) is 0 Å². The van der Waals surface area contributed by atoms with Crippen molar-refractivity contribution in [3.05, 3.63) is 22.2 Å². The van der Waals surface area contributed by atoms with Gasteiger partial charge < -0.3 is 19.8 Å². The van der Waals surface area contributed by atoms with E-state index < -0.39 is 12.6 Å². The van der Waals surface area contributed by atoms with Crippen molar-refractivity contribution in [2.24, 2.45) is 5.16 Å². The molecule has 0 bridgehead atoms. The molecule has 0 unspecified atom stereocenters. The van der Waals surface area contributed by atoms with E-state index in [4.69, 9.17) is 19.8 Å². The number of hydrogen-bond donors (Lipinski definition) is 2. The van der Waals surface area contributed by atoms with Crippen molar-refractivity contribution in [1.29, 1.82) is 0 Å². The molecule has 0 spiro atoms. The summed E-state index contributed by atoms with van der Waals surface area (Å²) in [4.78, 5) is 10.5. The Morgan fingerprint density at radius 1 is 1.50 bits per heavy atom. The highest BCUT2D eigenvalue weighted by molar-refractivity contribution is 9.10. The lowest BCUT2D eigenvalue weighted by atomic mass is 10.2. The predicted molar refractivity (Wildman–Crippen MR) is 67.8 cm³/mol. The topological polar surface area (TPSA) is 88.4 Å². The van der Waals surface area contributed by atoms with Gasteiger partial charge in [-0.3, -0.25) is 0 Å². The van der Waals surface area contributed by atoms with E-state index in [1.54, 1.807) is 19.1 Å². The molecule has 0 radical (unpaired) electrons. The van der Waals surface area contributed by atoms with Gasteiger partial charge >= 0.3 is 5.97 Å². The lowest BCUT2D eigenvalue weighted by molar-refractivity contribution is -0.139. The second kappa shape index (κ2) is 6.85. The van der Waals surface area contributed by atoms with E-state index in [2.05, 4.69) is 21.1 Å². The Labute approximate surface area is 112 Å². The molecule has 0 atom stereocenters. The molecule has 1 aromatic rings. The van der Waals surface area contributed by atoms with Crippen LogP contribution in [-0.2, 0) is 4.79 Å². The van der Waals surface area contributed by atoms with Crippen LogP contribution in [0.3, 0.4) is 0 Å². The lowest BCUT2D eigenvalue weighted by Crippen LogP contribution is -2.11. The number of benzene rings is 1. The Morgan fingerprint density at radius 2 is 2.22 bits per heavy atom. The normalized spacial score (nSPS) is 10.6. The Hall–Kier alpha value is -1.76. The number of ether oxygens (including phenoxy) is 2. The standard InChI is InChI=1S/C11H12BrNO5/c1-2-17-9-4-7(5-13-16)3-8(12)11(9)18-6-10(14)15/h3-5,16H,2,6H2,1H3,(H,14,15). The summed E-state index contributed by atoms with van der Waals surface area (Å²) < 4.78 is 11.0. The van der Waals surface area contributed by atoms with Gasteiger partial charge in [-0.15, -0.1) is 0 Å². The van der Waals surface area contributed by atoms with Gasteiger partial charge in [0.05, 0.1) is 17.3 Å². The summed E-state index contributed by atoms with van der Waals surface area (Å²) in [5, 5.41) is 20.0. The Bertz CT molecular complexity index is 461. The highest BCUT2D eigenvalue weighted by Gasteiger charge is 2.13. The molecule has 0 heterocycles. The van der Waals surface area contributed by atoms with Crippen LogP contribution in [0.15, 0.2) is 21.8 Å². The average molecular weight is 318 g/mol. The van der Waals surface area contributed by atoms with Gasteiger partial charge in [0.2, 0.25) is 0 Å². The molecule has 0 saturated carbocycles. The van der Waals surface area contributed by atoms with Gasteiger partial charge in [-0.2, -0.15) is 0 Å². The van der Waals surface area contributed by atoms with Gasteiger partial charge in [0.25, 0.3) is 0 Å². The van der Waals surface area contributed by atoms with E-state index in [0.29, 0.717) is 28.1 Å². The monoisotopic (exact) mass is 317 g/mol. The molecule has 2 N–H and O–H groups in total.